The van der Waals surface area contributed by atoms with Gasteiger partial charge in [0, 0.05) is 31.1 Å². The van der Waals surface area contributed by atoms with Crippen LogP contribution in [0.25, 0.3) is 0 Å². The van der Waals surface area contributed by atoms with Gasteiger partial charge in [0.05, 0.1) is 12.7 Å². The molecule has 3 rings (SSSR count). The summed E-state index contributed by atoms with van der Waals surface area (Å²) in [6.07, 6.45) is 8.02. The van der Waals surface area contributed by atoms with E-state index < -0.39 is 12.3 Å². The highest BCUT2D eigenvalue weighted by Gasteiger charge is 2.38. The van der Waals surface area contributed by atoms with Gasteiger partial charge in [0.25, 0.3) is 5.91 Å². The summed E-state index contributed by atoms with van der Waals surface area (Å²) in [4.78, 5) is 24.9. The molecule has 0 spiro atoms. The van der Waals surface area contributed by atoms with E-state index in [1.54, 1.807) is 12.1 Å². The van der Waals surface area contributed by atoms with Crippen LogP contribution in [0.1, 0.15) is 73.7 Å². The molecule has 0 aromatic heterocycles. The van der Waals surface area contributed by atoms with Gasteiger partial charge in [-0.3, -0.25) is 4.79 Å². The van der Waals surface area contributed by atoms with Crippen LogP contribution in [0.5, 0.6) is 0 Å². The number of aliphatic hydroxyl groups is 1. The summed E-state index contributed by atoms with van der Waals surface area (Å²) in [5.41, 5.74) is 1.42. The average Bonchev–Trinajstić information content (AvgIpc) is 2.83. The van der Waals surface area contributed by atoms with Crippen molar-refractivity contribution in [3.8, 4) is 0 Å². The molecule has 0 bridgehead atoms. The van der Waals surface area contributed by atoms with E-state index in [-0.39, 0.29) is 36.2 Å². The summed E-state index contributed by atoms with van der Waals surface area (Å²) < 4.78 is 16.7. The molecule has 2 N–H and O–H groups in total. The van der Waals surface area contributed by atoms with Crippen molar-refractivity contribution in [3.05, 3.63) is 47.2 Å². The summed E-state index contributed by atoms with van der Waals surface area (Å²) in [6, 6.07) is 7.39. The standard InChI is InChI=1S/C25H35NO6/c1-3-31-25-20(10-7-15-27)21(17-11-13-18(14-12-17)24(29)30-2)16-22(32-25)23(28)26-19-8-5-4-6-9-19/h11-14,16,19-21,25,27H,3-10,15H2,1-2H3,(H,26,28)/t20-,21-,25-/m0/s1. The monoisotopic (exact) mass is 445 g/mol. The summed E-state index contributed by atoms with van der Waals surface area (Å²) in [7, 11) is 1.35. The predicted octanol–water partition coefficient (Wildman–Crippen LogP) is 3.67. The number of carbonyl (C=O) groups is 2. The Bertz CT molecular complexity index is 784. The van der Waals surface area contributed by atoms with Gasteiger partial charge in [-0.15, -0.1) is 0 Å². The second-order valence-corrected chi connectivity index (χ2v) is 8.45. The lowest BCUT2D eigenvalue weighted by Gasteiger charge is -2.37. The van der Waals surface area contributed by atoms with E-state index in [1.165, 1.54) is 13.5 Å². The number of esters is 1. The van der Waals surface area contributed by atoms with Crippen LogP contribution in [0.15, 0.2) is 36.1 Å². The third-order valence-electron chi connectivity index (χ3n) is 6.29. The Balaban J connectivity index is 1.88. The van der Waals surface area contributed by atoms with Gasteiger partial charge in [0.15, 0.2) is 5.76 Å². The molecule has 0 saturated heterocycles. The van der Waals surface area contributed by atoms with E-state index in [2.05, 4.69) is 5.32 Å². The Morgan fingerprint density at radius 1 is 1.16 bits per heavy atom. The minimum absolute atomic E-state index is 0.0715. The molecule has 1 saturated carbocycles. The molecule has 1 aromatic rings. The average molecular weight is 446 g/mol. The zero-order valence-electron chi connectivity index (χ0n) is 19.0. The summed E-state index contributed by atoms with van der Waals surface area (Å²) in [5, 5.41) is 12.5. The van der Waals surface area contributed by atoms with Crippen LogP contribution in [-0.4, -0.2) is 49.6 Å². The van der Waals surface area contributed by atoms with Crippen LogP contribution in [0.2, 0.25) is 0 Å². The number of benzene rings is 1. The van der Waals surface area contributed by atoms with Gasteiger partial charge in [0.2, 0.25) is 6.29 Å². The SMILES string of the molecule is CCO[C@H]1OC(C(=O)NC2CCCCC2)=C[C@@H](c2ccc(C(=O)OC)cc2)[C@@H]1CCCO. The van der Waals surface area contributed by atoms with Crippen molar-refractivity contribution in [2.45, 2.75) is 70.1 Å². The molecule has 1 aliphatic heterocycles. The molecule has 0 radical (unpaired) electrons. The number of hydrogen-bond donors (Lipinski definition) is 2. The first-order valence-corrected chi connectivity index (χ1v) is 11.7. The van der Waals surface area contributed by atoms with Gasteiger partial charge in [-0.1, -0.05) is 31.4 Å². The Morgan fingerprint density at radius 3 is 2.50 bits per heavy atom. The highest BCUT2D eigenvalue weighted by molar-refractivity contribution is 5.92. The van der Waals surface area contributed by atoms with Crippen LogP contribution in [-0.2, 0) is 19.0 Å². The van der Waals surface area contributed by atoms with Crippen molar-refractivity contribution < 1.29 is 28.9 Å². The molecule has 32 heavy (non-hydrogen) atoms. The molecule has 3 atom stereocenters. The van der Waals surface area contributed by atoms with Crippen molar-refractivity contribution in [2.75, 3.05) is 20.3 Å². The maximum Gasteiger partial charge on any atom is 0.337 e. The Hall–Kier alpha value is -2.38. The highest BCUT2D eigenvalue weighted by atomic mass is 16.7. The Labute approximate surface area is 190 Å². The normalized spacial score (nSPS) is 23.7. The number of ether oxygens (including phenoxy) is 3. The number of nitrogens with one attached hydrogen (secondary N) is 1. The van der Waals surface area contributed by atoms with Crippen molar-refractivity contribution in [2.24, 2.45) is 5.92 Å². The number of carbonyl (C=O) groups excluding carboxylic acids is 2. The fourth-order valence-electron chi connectivity index (χ4n) is 4.61. The molecule has 1 fully saturated rings. The van der Waals surface area contributed by atoms with E-state index in [0.29, 0.717) is 25.0 Å². The second kappa shape index (κ2) is 12.0. The van der Waals surface area contributed by atoms with Gasteiger partial charge in [-0.05, 0) is 56.4 Å². The van der Waals surface area contributed by atoms with Crippen LogP contribution in [0.4, 0.5) is 0 Å². The lowest BCUT2D eigenvalue weighted by atomic mass is 9.80. The smallest absolute Gasteiger partial charge is 0.337 e. The summed E-state index contributed by atoms with van der Waals surface area (Å²) >= 11 is 0. The highest BCUT2D eigenvalue weighted by Crippen LogP contribution is 2.39. The molecule has 1 aromatic carbocycles. The van der Waals surface area contributed by atoms with Crippen LogP contribution >= 0.6 is 0 Å². The van der Waals surface area contributed by atoms with Gasteiger partial charge < -0.3 is 24.6 Å². The van der Waals surface area contributed by atoms with E-state index in [1.807, 2.05) is 25.1 Å². The molecular formula is C25H35NO6. The Kier molecular flexibility index (Phi) is 9.11. The van der Waals surface area contributed by atoms with Crippen molar-refractivity contribution in [1.82, 2.24) is 5.32 Å². The second-order valence-electron chi connectivity index (χ2n) is 8.45. The molecule has 2 aliphatic rings. The fourth-order valence-corrected chi connectivity index (χ4v) is 4.61. The summed E-state index contributed by atoms with van der Waals surface area (Å²) in [5.74, 6) is -0.548. The van der Waals surface area contributed by atoms with E-state index in [9.17, 15) is 14.7 Å². The zero-order chi connectivity index (χ0) is 22.9. The first-order valence-electron chi connectivity index (χ1n) is 11.7. The largest absolute Gasteiger partial charge is 0.465 e. The lowest BCUT2D eigenvalue weighted by Crippen LogP contribution is -2.42. The quantitative estimate of drug-likeness (QED) is 0.563. The number of methoxy groups -OCH3 is 1. The number of hydrogen-bond acceptors (Lipinski definition) is 6. The topological polar surface area (TPSA) is 94.1 Å². The zero-order valence-corrected chi connectivity index (χ0v) is 19.0. The lowest BCUT2D eigenvalue weighted by molar-refractivity contribution is -0.166. The minimum atomic E-state index is -0.589. The van der Waals surface area contributed by atoms with Gasteiger partial charge in [0.1, 0.15) is 0 Å². The molecule has 7 heteroatoms. The predicted molar refractivity (Wildman–Crippen MR) is 120 cm³/mol. The number of aliphatic hydroxyl groups excluding tert-OH is 1. The molecule has 1 amide bonds. The number of rotatable bonds is 9. The third-order valence-corrected chi connectivity index (χ3v) is 6.29. The van der Waals surface area contributed by atoms with Gasteiger partial charge >= 0.3 is 5.97 Å². The number of amides is 1. The molecule has 7 nitrogen and oxygen atoms in total. The summed E-state index contributed by atoms with van der Waals surface area (Å²) in [6.45, 7) is 2.42. The van der Waals surface area contributed by atoms with Crippen molar-refractivity contribution in [3.63, 3.8) is 0 Å². The van der Waals surface area contributed by atoms with Crippen LogP contribution < -0.4 is 5.32 Å². The van der Waals surface area contributed by atoms with Gasteiger partial charge in [-0.2, -0.15) is 0 Å². The van der Waals surface area contributed by atoms with Gasteiger partial charge in [-0.25, -0.2) is 4.79 Å². The fraction of sp³-hybridized carbons (Fsp3) is 0.600. The van der Waals surface area contributed by atoms with Crippen LogP contribution in [0.3, 0.4) is 0 Å². The molecule has 176 valence electrons. The molecule has 1 aliphatic carbocycles. The first kappa shape index (κ1) is 24.3. The van der Waals surface area contributed by atoms with Crippen LogP contribution in [0, 0.1) is 5.92 Å². The third kappa shape index (κ3) is 6.11. The van der Waals surface area contributed by atoms with E-state index in [4.69, 9.17) is 14.2 Å². The molecule has 1 heterocycles. The van der Waals surface area contributed by atoms with Crippen molar-refractivity contribution >= 4 is 11.9 Å². The first-order chi connectivity index (χ1) is 15.6. The van der Waals surface area contributed by atoms with E-state index in [0.717, 1.165) is 31.2 Å². The maximum atomic E-state index is 13.0. The Morgan fingerprint density at radius 2 is 1.88 bits per heavy atom. The maximum absolute atomic E-state index is 13.0. The minimum Gasteiger partial charge on any atom is -0.465 e. The number of allylic oxidation sites excluding steroid dienone is 1. The van der Waals surface area contributed by atoms with E-state index >= 15 is 0 Å². The van der Waals surface area contributed by atoms with Crippen molar-refractivity contribution in [1.29, 1.82) is 0 Å². The molecule has 0 unspecified atom stereocenters. The molecular weight excluding hydrogens is 410 g/mol.